The van der Waals surface area contributed by atoms with Crippen molar-refractivity contribution < 1.29 is 0 Å². The van der Waals surface area contributed by atoms with Crippen molar-refractivity contribution in [2.75, 3.05) is 0 Å². The molecule has 2 atom stereocenters. The fourth-order valence-corrected chi connectivity index (χ4v) is 3.11. The van der Waals surface area contributed by atoms with Gasteiger partial charge in [0.15, 0.2) is 0 Å². The van der Waals surface area contributed by atoms with Crippen molar-refractivity contribution in [2.24, 2.45) is 23.7 Å². The van der Waals surface area contributed by atoms with Crippen LogP contribution < -0.4 is 0 Å². The Balaban J connectivity index is 2.55. The minimum atomic E-state index is 0.892. The van der Waals surface area contributed by atoms with E-state index in [-0.39, 0.29) is 0 Å². The Morgan fingerprint density at radius 3 is 1.42 bits per heavy atom. The third kappa shape index (κ3) is 2.09. The van der Waals surface area contributed by atoms with Crippen LogP contribution in [0.4, 0.5) is 0 Å². The van der Waals surface area contributed by atoms with Crippen LogP contribution in [0.25, 0.3) is 0 Å². The number of rotatable bonds is 2. The first kappa shape index (κ1) is 10.7. The first-order valence-electron chi connectivity index (χ1n) is 5.54. The van der Waals surface area contributed by atoms with Gasteiger partial charge in [-0.05, 0) is 0 Å². The van der Waals surface area contributed by atoms with Gasteiger partial charge in [-0.3, -0.25) is 0 Å². The zero-order valence-corrected chi connectivity index (χ0v) is 9.30. The first-order valence-corrected chi connectivity index (χ1v) is 5.54. The van der Waals surface area contributed by atoms with E-state index in [1.165, 1.54) is 12.8 Å². The van der Waals surface area contributed by atoms with Crippen LogP contribution in [0.2, 0.25) is 4.59 Å². The van der Waals surface area contributed by atoms with E-state index in [9.17, 15) is 0 Å². The van der Waals surface area contributed by atoms with Crippen molar-refractivity contribution in [3.63, 3.8) is 0 Å². The molecular weight excluding hydrogens is 139 g/mol. The second kappa shape index (κ2) is 4.21. The Hall–Kier alpha value is 0.597. The van der Waals surface area contributed by atoms with Crippen LogP contribution in [0.5, 0.6) is 0 Å². The van der Waals surface area contributed by atoms with E-state index >= 15 is 0 Å². The van der Waals surface area contributed by atoms with Gasteiger partial charge < -0.3 is 0 Å². The zero-order valence-electron chi connectivity index (χ0n) is 9.30. The molecule has 12 heavy (non-hydrogen) atoms. The van der Waals surface area contributed by atoms with Gasteiger partial charge in [-0.25, -0.2) is 0 Å². The topological polar surface area (TPSA) is 0 Å². The Bertz CT molecular complexity index is 124. The van der Waals surface area contributed by atoms with Crippen LogP contribution in [-0.2, 0) is 0 Å². The maximum atomic E-state index is 2.46. The van der Waals surface area contributed by atoms with Gasteiger partial charge in [-0.2, -0.15) is 0 Å². The van der Waals surface area contributed by atoms with Crippen LogP contribution in [0.3, 0.4) is 0 Å². The van der Waals surface area contributed by atoms with Gasteiger partial charge in [0.05, 0.1) is 0 Å². The molecule has 0 aromatic carbocycles. The molecule has 0 radical (unpaired) electrons. The zero-order chi connectivity index (χ0) is 9.30. The van der Waals surface area contributed by atoms with Crippen molar-refractivity contribution in [1.29, 1.82) is 0 Å². The normalized spacial score (nSPS) is 36.8. The predicted octanol–water partition coefficient (Wildman–Crippen LogP) is 3.28. The second-order valence-corrected chi connectivity index (χ2v) is 5.25. The van der Waals surface area contributed by atoms with Gasteiger partial charge >= 0.3 is 86.5 Å². The Labute approximate surface area is 86.7 Å². The molecule has 1 heteroatoms. The summed E-state index contributed by atoms with van der Waals surface area (Å²) in [6.07, 6.45) is 2.95. The molecule has 0 N–H and O–H groups in total. The molecule has 1 aliphatic carbocycles. The summed E-state index contributed by atoms with van der Waals surface area (Å²) in [4.78, 5) is 0. The molecule has 0 aromatic heterocycles. The monoisotopic (exact) mass is 160 g/mol. The SMILES string of the molecule is [Li][CH]1C(C(C)C)CCC1C(C)C. The molecule has 0 nitrogen and oxygen atoms in total. The van der Waals surface area contributed by atoms with E-state index in [0.29, 0.717) is 0 Å². The molecule has 1 aliphatic rings. The van der Waals surface area contributed by atoms with Crippen molar-refractivity contribution >= 4 is 17.7 Å². The van der Waals surface area contributed by atoms with Gasteiger partial charge in [0, 0.05) is 0 Å². The van der Waals surface area contributed by atoms with Crippen molar-refractivity contribution in [3.8, 4) is 0 Å². The van der Waals surface area contributed by atoms with Crippen molar-refractivity contribution in [3.05, 3.63) is 0 Å². The van der Waals surface area contributed by atoms with Gasteiger partial charge in [0.25, 0.3) is 0 Å². The van der Waals surface area contributed by atoms with E-state index in [0.717, 1.165) is 28.3 Å². The fourth-order valence-electron chi connectivity index (χ4n) is 3.11. The average molecular weight is 160 g/mol. The summed E-state index contributed by atoms with van der Waals surface area (Å²) in [5.74, 6) is 3.78. The molecule has 0 heterocycles. The van der Waals surface area contributed by atoms with Crippen LogP contribution in [-0.4, -0.2) is 17.7 Å². The molecule has 0 amide bonds. The Kier molecular flexibility index (Phi) is 3.74. The third-order valence-corrected chi connectivity index (χ3v) is 3.90. The summed E-state index contributed by atoms with van der Waals surface area (Å²) in [5.41, 5.74) is 0. The summed E-state index contributed by atoms with van der Waals surface area (Å²) >= 11 is 2.46. The summed E-state index contributed by atoms with van der Waals surface area (Å²) in [5, 5.41) is 0. The number of hydrogen-bond donors (Lipinski definition) is 0. The second-order valence-electron chi connectivity index (χ2n) is 5.25. The Morgan fingerprint density at radius 2 is 1.25 bits per heavy atom. The first-order chi connectivity index (χ1) is 5.54. The molecule has 0 spiro atoms. The van der Waals surface area contributed by atoms with E-state index in [1.54, 1.807) is 0 Å². The Morgan fingerprint density at radius 1 is 0.917 bits per heavy atom. The standard InChI is InChI=1S/C11H21.Li/c1-8(2)10-5-6-11(7-10)9(3)4;/h7-11H,5-6H2,1-4H3;. The quantitative estimate of drug-likeness (QED) is 0.544. The summed E-state index contributed by atoms with van der Waals surface area (Å²) in [7, 11) is 0. The van der Waals surface area contributed by atoms with Crippen molar-refractivity contribution in [2.45, 2.75) is 45.1 Å². The van der Waals surface area contributed by atoms with Crippen LogP contribution in [0, 0.1) is 23.7 Å². The minimum absolute atomic E-state index is 0.892. The van der Waals surface area contributed by atoms with E-state index in [4.69, 9.17) is 0 Å². The summed E-state index contributed by atoms with van der Waals surface area (Å²) < 4.78 is 0.963. The van der Waals surface area contributed by atoms with Crippen LogP contribution in [0.1, 0.15) is 40.5 Å². The summed E-state index contributed by atoms with van der Waals surface area (Å²) in [6.45, 7) is 9.52. The van der Waals surface area contributed by atoms with Gasteiger partial charge in [-0.1, -0.05) is 0 Å². The molecule has 0 saturated heterocycles. The third-order valence-electron chi connectivity index (χ3n) is 3.90. The summed E-state index contributed by atoms with van der Waals surface area (Å²) in [6, 6.07) is 0. The fraction of sp³-hybridized carbons (Fsp3) is 1.00. The van der Waals surface area contributed by atoms with Crippen LogP contribution in [0.15, 0.2) is 0 Å². The van der Waals surface area contributed by atoms with Gasteiger partial charge in [0.2, 0.25) is 0 Å². The van der Waals surface area contributed by atoms with Gasteiger partial charge in [0.1, 0.15) is 0 Å². The predicted molar refractivity (Wildman–Crippen MR) is 55.4 cm³/mol. The maximum absolute atomic E-state index is 2.46. The van der Waals surface area contributed by atoms with E-state index in [2.05, 4.69) is 45.4 Å². The molecule has 2 unspecified atom stereocenters. The molecular formula is C11H21Li. The van der Waals surface area contributed by atoms with E-state index < -0.39 is 0 Å². The molecule has 1 saturated carbocycles. The molecule has 66 valence electrons. The molecule has 0 aromatic rings. The van der Waals surface area contributed by atoms with Crippen LogP contribution >= 0.6 is 0 Å². The average Bonchev–Trinajstić information content (AvgIpc) is 2.30. The molecule has 1 rings (SSSR count). The van der Waals surface area contributed by atoms with E-state index in [1.807, 2.05) is 0 Å². The number of hydrogen-bond acceptors (Lipinski definition) is 0. The molecule has 1 fully saturated rings. The molecule has 0 bridgehead atoms. The van der Waals surface area contributed by atoms with Gasteiger partial charge in [-0.15, -0.1) is 0 Å². The van der Waals surface area contributed by atoms with Crippen molar-refractivity contribution in [1.82, 2.24) is 0 Å². The molecule has 0 aliphatic heterocycles.